The molecule has 1 aliphatic carbocycles. The first-order chi connectivity index (χ1) is 14.9. The van der Waals surface area contributed by atoms with E-state index in [4.69, 9.17) is 0 Å². The molecule has 1 aromatic heterocycles. The molecule has 0 atom stereocenters. The van der Waals surface area contributed by atoms with Gasteiger partial charge in [-0.1, -0.05) is 31.4 Å². The number of aromatic nitrogens is 2. The smallest absolute Gasteiger partial charge is 0.312 e. The van der Waals surface area contributed by atoms with Gasteiger partial charge in [-0.3, -0.25) is 24.4 Å². The van der Waals surface area contributed by atoms with Crippen LogP contribution in [0.25, 0.3) is 0 Å². The number of carbonyl (C=O) groups is 2. The predicted octanol–water partition coefficient (Wildman–Crippen LogP) is 2.88. The minimum atomic E-state index is -0.417. The Hall–Kier alpha value is -3.23. The van der Waals surface area contributed by atoms with Gasteiger partial charge in [-0.15, -0.1) is 0 Å². The molecule has 2 N–H and O–H groups in total. The summed E-state index contributed by atoms with van der Waals surface area (Å²) in [5.74, 6) is -0.0106. The van der Waals surface area contributed by atoms with E-state index in [0.29, 0.717) is 36.6 Å². The van der Waals surface area contributed by atoms with Crippen LogP contribution in [0.4, 0.5) is 5.69 Å². The molecule has 0 spiro atoms. The summed E-state index contributed by atoms with van der Waals surface area (Å²) in [6.45, 7) is 4.46. The molecule has 1 fully saturated rings. The van der Waals surface area contributed by atoms with Crippen LogP contribution in [0.15, 0.2) is 24.3 Å². The molecule has 9 nitrogen and oxygen atoms in total. The number of nitrogens with zero attached hydrogens (tertiary/aromatic N) is 3. The van der Waals surface area contributed by atoms with Crippen molar-refractivity contribution in [3.63, 3.8) is 0 Å². The Bertz CT molecular complexity index is 946. The number of nitrogens with one attached hydrogen (secondary N) is 2. The summed E-state index contributed by atoms with van der Waals surface area (Å²) >= 11 is 0. The zero-order chi connectivity index (χ0) is 22.4. The first-order valence-corrected chi connectivity index (χ1v) is 10.7. The molecule has 2 aromatic rings. The van der Waals surface area contributed by atoms with Crippen LogP contribution in [0.3, 0.4) is 0 Å². The highest BCUT2D eigenvalue weighted by atomic mass is 16.6. The molecule has 0 unspecified atom stereocenters. The van der Waals surface area contributed by atoms with Gasteiger partial charge in [0, 0.05) is 24.6 Å². The number of aryl methyl sites for hydroxylation is 1. The highest BCUT2D eigenvalue weighted by Gasteiger charge is 2.22. The molecule has 31 heavy (non-hydrogen) atoms. The fourth-order valence-electron chi connectivity index (χ4n) is 4.01. The van der Waals surface area contributed by atoms with Gasteiger partial charge in [0.1, 0.15) is 11.4 Å². The van der Waals surface area contributed by atoms with Crippen LogP contribution in [0.2, 0.25) is 0 Å². The zero-order valence-corrected chi connectivity index (χ0v) is 18.0. The van der Waals surface area contributed by atoms with Crippen LogP contribution in [0.1, 0.15) is 59.4 Å². The van der Waals surface area contributed by atoms with E-state index in [1.165, 1.54) is 6.42 Å². The van der Waals surface area contributed by atoms with Crippen molar-refractivity contribution < 1.29 is 14.5 Å². The topological polar surface area (TPSA) is 119 Å². The van der Waals surface area contributed by atoms with Crippen LogP contribution >= 0.6 is 0 Å². The highest BCUT2D eigenvalue weighted by Crippen LogP contribution is 2.24. The molecule has 0 aliphatic heterocycles. The van der Waals surface area contributed by atoms with Crippen LogP contribution in [-0.2, 0) is 11.3 Å². The van der Waals surface area contributed by atoms with Crippen molar-refractivity contribution in [3.8, 4) is 0 Å². The molecule has 1 heterocycles. The summed E-state index contributed by atoms with van der Waals surface area (Å²) in [5.41, 5.74) is 2.32. The van der Waals surface area contributed by atoms with E-state index >= 15 is 0 Å². The van der Waals surface area contributed by atoms with Crippen LogP contribution in [0, 0.1) is 29.9 Å². The Morgan fingerprint density at radius 1 is 1.10 bits per heavy atom. The largest absolute Gasteiger partial charge is 0.354 e. The Morgan fingerprint density at radius 2 is 1.74 bits per heavy atom. The van der Waals surface area contributed by atoms with E-state index in [1.807, 2.05) is 12.1 Å². The molecule has 1 saturated carbocycles. The second-order valence-electron chi connectivity index (χ2n) is 8.01. The summed E-state index contributed by atoms with van der Waals surface area (Å²) in [4.78, 5) is 35.2. The Labute approximate surface area is 181 Å². The van der Waals surface area contributed by atoms with Gasteiger partial charge < -0.3 is 10.6 Å². The number of carbonyl (C=O) groups excluding carboxylic acids is 2. The molecule has 0 saturated heterocycles. The van der Waals surface area contributed by atoms with Gasteiger partial charge in [0.05, 0.1) is 11.5 Å². The van der Waals surface area contributed by atoms with Crippen LogP contribution in [0.5, 0.6) is 0 Å². The SMILES string of the molecule is Cc1nn(Cc2ccc(C(=O)NCCNC(=O)C3CCCCC3)cc2)c(C)c1[N+](=O)[O-]. The van der Waals surface area contributed by atoms with Crippen molar-refractivity contribution >= 4 is 17.5 Å². The highest BCUT2D eigenvalue weighted by molar-refractivity contribution is 5.94. The van der Waals surface area contributed by atoms with E-state index in [0.717, 1.165) is 31.2 Å². The van der Waals surface area contributed by atoms with E-state index in [9.17, 15) is 19.7 Å². The molecule has 2 amide bonds. The number of amides is 2. The molecule has 0 radical (unpaired) electrons. The Kier molecular flexibility index (Phi) is 7.38. The zero-order valence-electron chi connectivity index (χ0n) is 18.0. The molecule has 1 aliphatic rings. The maximum atomic E-state index is 12.3. The molecule has 3 rings (SSSR count). The second kappa shape index (κ2) is 10.2. The summed E-state index contributed by atoms with van der Waals surface area (Å²) < 4.78 is 1.59. The quantitative estimate of drug-likeness (QED) is 0.381. The van der Waals surface area contributed by atoms with Gasteiger partial charge in [-0.25, -0.2) is 0 Å². The maximum Gasteiger partial charge on any atom is 0.312 e. The first-order valence-electron chi connectivity index (χ1n) is 10.7. The van der Waals surface area contributed by atoms with Crippen molar-refractivity contribution in [3.05, 3.63) is 56.9 Å². The van der Waals surface area contributed by atoms with Crippen molar-refractivity contribution in [2.45, 2.75) is 52.5 Å². The van der Waals surface area contributed by atoms with E-state index in [2.05, 4.69) is 15.7 Å². The number of hydrogen-bond donors (Lipinski definition) is 2. The molecule has 9 heteroatoms. The first kappa shape index (κ1) is 22.5. The van der Waals surface area contributed by atoms with Gasteiger partial charge in [0.25, 0.3) is 5.91 Å². The number of hydrogen-bond acceptors (Lipinski definition) is 5. The minimum Gasteiger partial charge on any atom is -0.354 e. The lowest BCUT2D eigenvalue weighted by Crippen LogP contribution is -2.38. The van der Waals surface area contributed by atoms with Crippen LogP contribution < -0.4 is 10.6 Å². The number of benzene rings is 1. The normalized spacial score (nSPS) is 14.3. The van der Waals surface area contributed by atoms with E-state index in [1.54, 1.807) is 30.7 Å². The standard InChI is InChI=1S/C22H29N5O4/c1-15-20(27(30)31)16(2)26(25-15)14-17-8-10-19(11-9-17)22(29)24-13-12-23-21(28)18-6-4-3-5-7-18/h8-11,18H,3-7,12-14H2,1-2H3,(H,23,28)(H,24,29). The third-order valence-corrected chi connectivity index (χ3v) is 5.76. The monoisotopic (exact) mass is 427 g/mol. The molecule has 0 bridgehead atoms. The van der Waals surface area contributed by atoms with E-state index in [-0.39, 0.29) is 23.4 Å². The van der Waals surface area contributed by atoms with Gasteiger partial charge in [-0.05, 0) is 44.4 Å². The summed E-state index contributed by atoms with van der Waals surface area (Å²) in [6.07, 6.45) is 5.34. The third kappa shape index (κ3) is 5.68. The average molecular weight is 428 g/mol. The minimum absolute atomic E-state index is 0.0339. The summed E-state index contributed by atoms with van der Waals surface area (Å²) in [6, 6.07) is 7.04. The van der Waals surface area contributed by atoms with Crippen LogP contribution in [-0.4, -0.2) is 39.6 Å². The average Bonchev–Trinajstić information content (AvgIpc) is 3.05. The molecule has 166 valence electrons. The summed E-state index contributed by atoms with van der Waals surface area (Å²) in [7, 11) is 0. The molecular formula is C22H29N5O4. The number of rotatable bonds is 8. The van der Waals surface area contributed by atoms with Gasteiger partial charge >= 0.3 is 5.69 Å². The molecular weight excluding hydrogens is 398 g/mol. The third-order valence-electron chi connectivity index (χ3n) is 5.76. The van der Waals surface area contributed by atoms with E-state index < -0.39 is 4.92 Å². The fraction of sp³-hybridized carbons (Fsp3) is 0.500. The van der Waals surface area contributed by atoms with Crippen molar-refractivity contribution in [1.82, 2.24) is 20.4 Å². The number of nitro groups is 1. The van der Waals surface area contributed by atoms with Gasteiger partial charge in [-0.2, -0.15) is 5.10 Å². The lowest BCUT2D eigenvalue weighted by molar-refractivity contribution is -0.386. The predicted molar refractivity (Wildman–Crippen MR) is 116 cm³/mol. The van der Waals surface area contributed by atoms with Crippen molar-refractivity contribution in [2.75, 3.05) is 13.1 Å². The van der Waals surface area contributed by atoms with Gasteiger partial charge in [0.2, 0.25) is 5.91 Å². The maximum absolute atomic E-state index is 12.3. The van der Waals surface area contributed by atoms with Gasteiger partial charge in [0.15, 0.2) is 0 Å². The van der Waals surface area contributed by atoms with Crippen molar-refractivity contribution in [1.29, 1.82) is 0 Å². The Morgan fingerprint density at radius 3 is 2.35 bits per heavy atom. The molecule has 1 aromatic carbocycles. The Balaban J connectivity index is 1.47. The second-order valence-corrected chi connectivity index (χ2v) is 8.01. The summed E-state index contributed by atoms with van der Waals surface area (Å²) in [5, 5.41) is 21.1. The van der Waals surface area contributed by atoms with Crippen molar-refractivity contribution in [2.24, 2.45) is 5.92 Å². The lowest BCUT2D eigenvalue weighted by atomic mass is 9.89. The lowest BCUT2D eigenvalue weighted by Gasteiger charge is -2.20. The fourth-order valence-corrected chi connectivity index (χ4v) is 4.01.